The summed E-state index contributed by atoms with van der Waals surface area (Å²) >= 11 is 5.29. The van der Waals surface area contributed by atoms with Crippen LogP contribution in [0.2, 0.25) is 0 Å². The standard InChI is InChI=1S/C15H17BrOS/c1-11(2)14-10-12(16)5-6-15(14)17-8-7-13-4-3-9-18-13/h3-6,9-11H,7-8H2,1-2H3. The van der Waals surface area contributed by atoms with E-state index in [4.69, 9.17) is 4.74 Å². The van der Waals surface area contributed by atoms with Crippen LogP contribution in [0.5, 0.6) is 5.75 Å². The first-order valence-electron chi connectivity index (χ1n) is 6.11. The van der Waals surface area contributed by atoms with Crippen LogP contribution in [0, 0.1) is 0 Å². The van der Waals surface area contributed by atoms with E-state index in [1.54, 1.807) is 11.3 Å². The molecule has 0 amide bonds. The van der Waals surface area contributed by atoms with Crippen molar-refractivity contribution >= 4 is 27.3 Å². The SMILES string of the molecule is CC(C)c1cc(Br)ccc1OCCc1cccs1. The minimum Gasteiger partial charge on any atom is -0.493 e. The Morgan fingerprint density at radius 3 is 2.78 bits per heavy atom. The molecule has 1 aromatic carbocycles. The molecule has 0 aliphatic heterocycles. The zero-order valence-electron chi connectivity index (χ0n) is 10.7. The van der Waals surface area contributed by atoms with Crippen LogP contribution in [0.3, 0.4) is 0 Å². The van der Waals surface area contributed by atoms with Gasteiger partial charge in [0.2, 0.25) is 0 Å². The Morgan fingerprint density at radius 1 is 1.28 bits per heavy atom. The highest BCUT2D eigenvalue weighted by atomic mass is 79.9. The maximum absolute atomic E-state index is 5.91. The average molecular weight is 325 g/mol. The van der Waals surface area contributed by atoms with E-state index >= 15 is 0 Å². The number of benzene rings is 1. The first kappa shape index (κ1) is 13.6. The molecule has 0 aliphatic carbocycles. The molecule has 1 aromatic heterocycles. The molecule has 0 radical (unpaired) electrons. The van der Waals surface area contributed by atoms with Crippen molar-refractivity contribution in [2.45, 2.75) is 26.2 Å². The summed E-state index contributed by atoms with van der Waals surface area (Å²) < 4.78 is 7.02. The highest BCUT2D eigenvalue weighted by molar-refractivity contribution is 9.10. The zero-order chi connectivity index (χ0) is 13.0. The van der Waals surface area contributed by atoms with Crippen molar-refractivity contribution in [2.75, 3.05) is 6.61 Å². The number of rotatable bonds is 5. The van der Waals surface area contributed by atoms with Gasteiger partial charge in [-0.2, -0.15) is 0 Å². The molecule has 2 rings (SSSR count). The van der Waals surface area contributed by atoms with Crippen LogP contribution in [-0.2, 0) is 6.42 Å². The second kappa shape index (κ2) is 6.39. The number of thiophene rings is 1. The summed E-state index contributed by atoms with van der Waals surface area (Å²) in [6, 6.07) is 10.5. The Hall–Kier alpha value is -0.800. The summed E-state index contributed by atoms with van der Waals surface area (Å²) in [7, 11) is 0. The van der Waals surface area contributed by atoms with Gasteiger partial charge in [0.15, 0.2) is 0 Å². The van der Waals surface area contributed by atoms with Gasteiger partial charge in [-0.15, -0.1) is 11.3 Å². The molecule has 0 fully saturated rings. The fourth-order valence-corrected chi connectivity index (χ4v) is 2.89. The first-order chi connectivity index (χ1) is 8.66. The van der Waals surface area contributed by atoms with Crippen molar-refractivity contribution in [2.24, 2.45) is 0 Å². The van der Waals surface area contributed by atoms with E-state index in [9.17, 15) is 0 Å². The van der Waals surface area contributed by atoms with E-state index < -0.39 is 0 Å². The summed E-state index contributed by atoms with van der Waals surface area (Å²) in [5.41, 5.74) is 1.26. The van der Waals surface area contributed by atoms with E-state index in [1.165, 1.54) is 10.4 Å². The van der Waals surface area contributed by atoms with Gasteiger partial charge < -0.3 is 4.74 Å². The van der Waals surface area contributed by atoms with Gasteiger partial charge in [0, 0.05) is 15.8 Å². The van der Waals surface area contributed by atoms with Crippen molar-refractivity contribution in [3.05, 3.63) is 50.6 Å². The topological polar surface area (TPSA) is 9.23 Å². The molecule has 96 valence electrons. The molecule has 0 N–H and O–H groups in total. The third-order valence-corrected chi connectivity index (χ3v) is 4.21. The minimum atomic E-state index is 0.472. The number of ether oxygens (including phenoxy) is 1. The normalized spacial score (nSPS) is 10.9. The predicted molar refractivity (Wildman–Crippen MR) is 81.7 cm³/mol. The monoisotopic (exact) mass is 324 g/mol. The molecule has 0 unspecified atom stereocenters. The molecule has 0 bridgehead atoms. The Labute approximate surface area is 121 Å². The van der Waals surface area contributed by atoms with E-state index in [2.05, 4.69) is 53.4 Å². The van der Waals surface area contributed by atoms with E-state index in [0.717, 1.165) is 23.2 Å². The Morgan fingerprint density at radius 2 is 2.11 bits per heavy atom. The van der Waals surface area contributed by atoms with Crippen molar-refractivity contribution in [1.82, 2.24) is 0 Å². The van der Waals surface area contributed by atoms with E-state index in [1.807, 2.05) is 12.1 Å². The fourth-order valence-electron chi connectivity index (χ4n) is 1.82. The molecular formula is C15H17BrOS. The highest BCUT2D eigenvalue weighted by Gasteiger charge is 2.08. The molecule has 2 aromatic rings. The predicted octanol–water partition coefficient (Wildman–Crippen LogP) is 5.26. The van der Waals surface area contributed by atoms with Gasteiger partial charge >= 0.3 is 0 Å². The van der Waals surface area contributed by atoms with Gasteiger partial charge in [0.1, 0.15) is 5.75 Å². The lowest BCUT2D eigenvalue weighted by molar-refractivity contribution is 0.318. The third kappa shape index (κ3) is 3.59. The summed E-state index contributed by atoms with van der Waals surface area (Å²) in [5.74, 6) is 1.48. The molecule has 0 saturated heterocycles. The van der Waals surface area contributed by atoms with Crippen molar-refractivity contribution < 1.29 is 4.74 Å². The molecule has 0 spiro atoms. The zero-order valence-corrected chi connectivity index (χ0v) is 13.1. The summed E-state index contributed by atoms with van der Waals surface area (Å²) in [5, 5.41) is 2.11. The van der Waals surface area contributed by atoms with Crippen LogP contribution in [0.4, 0.5) is 0 Å². The van der Waals surface area contributed by atoms with Crippen LogP contribution in [-0.4, -0.2) is 6.61 Å². The summed E-state index contributed by atoms with van der Waals surface area (Å²) in [4.78, 5) is 1.37. The Balaban J connectivity index is 2.00. The van der Waals surface area contributed by atoms with Crippen molar-refractivity contribution in [1.29, 1.82) is 0 Å². The van der Waals surface area contributed by atoms with E-state index in [-0.39, 0.29) is 0 Å². The summed E-state index contributed by atoms with van der Waals surface area (Å²) in [6.07, 6.45) is 0.977. The van der Waals surface area contributed by atoms with Gasteiger partial charge in [0.25, 0.3) is 0 Å². The first-order valence-corrected chi connectivity index (χ1v) is 7.78. The van der Waals surface area contributed by atoms with Gasteiger partial charge in [-0.25, -0.2) is 0 Å². The third-order valence-electron chi connectivity index (χ3n) is 2.78. The minimum absolute atomic E-state index is 0.472. The lowest BCUT2D eigenvalue weighted by Gasteiger charge is -2.14. The van der Waals surface area contributed by atoms with Gasteiger partial charge in [-0.05, 0) is 41.1 Å². The van der Waals surface area contributed by atoms with Crippen molar-refractivity contribution in [3.63, 3.8) is 0 Å². The second-order valence-corrected chi connectivity index (χ2v) is 6.46. The van der Waals surface area contributed by atoms with E-state index in [0.29, 0.717) is 5.92 Å². The van der Waals surface area contributed by atoms with Crippen LogP contribution in [0.1, 0.15) is 30.2 Å². The maximum atomic E-state index is 5.91. The Kier molecular flexibility index (Phi) is 4.84. The molecular weight excluding hydrogens is 308 g/mol. The number of hydrogen-bond acceptors (Lipinski definition) is 2. The summed E-state index contributed by atoms with van der Waals surface area (Å²) in [6.45, 7) is 5.11. The molecule has 0 atom stereocenters. The lowest BCUT2D eigenvalue weighted by Crippen LogP contribution is -2.03. The number of halogens is 1. The Bertz CT molecular complexity index is 491. The second-order valence-electron chi connectivity index (χ2n) is 4.51. The van der Waals surface area contributed by atoms with Gasteiger partial charge in [0.05, 0.1) is 6.61 Å². The maximum Gasteiger partial charge on any atom is 0.122 e. The highest BCUT2D eigenvalue weighted by Crippen LogP contribution is 2.29. The lowest BCUT2D eigenvalue weighted by atomic mass is 10.0. The quantitative estimate of drug-likeness (QED) is 0.729. The molecule has 0 aliphatic rings. The average Bonchev–Trinajstić information content (AvgIpc) is 2.84. The molecule has 1 nitrogen and oxygen atoms in total. The van der Waals surface area contributed by atoms with Crippen LogP contribution < -0.4 is 4.74 Å². The van der Waals surface area contributed by atoms with Gasteiger partial charge in [-0.1, -0.05) is 35.8 Å². The molecule has 0 saturated carbocycles. The van der Waals surface area contributed by atoms with Crippen LogP contribution >= 0.6 is 27.3 Å². The molecule has 18 heavy (non-hydrogen) atoms. The smallest absolute Gasteiger partial charge is 0.122 e. The fraction of sp³-hybridized carbons (Fsp3) is 0.333. The van der Waals surface area contributed by atoms with Gasteiger partial charge in [-0.3, -0.25) is 0 Å². The van der Waals surface area contributed by atoms with Crippen molar-refractivity contribution in [3.8, 4) is 5.75 Å². The van der Waals surface area contributed by atoms with Crippen LogP contribution in [0.25, 0.3) is 0 Å². The van der Waals surface area contributed by atoms with Crippen LogP contribution in [0.15, 0.2) is 40.2 Å². The largest absolute Gasteiger partial charge is 0.493 e. The number of hydrogen-bond donors (Lipinski definition) is 0. The molecule has 3 heteroatoms. The molecule has 1 heterocycles.